The third-order valence-corrected chi connectivity index (χ3v) is 6.41. The van der Waals surface area contributed by atoms with Gasteiger partial charge >= 0.3 is 0 Å². The van der Waals surface area contributed by atoms with Gasteiger partial charge in [-0.1, -0.05) is 36.6 Å². The number of benzene rings is 1. The molecule has 1 aromatic carbocycles. The smallest absolute Gasteiger partial charge is 0.233 e. The standard InChI is InChI=1S/C22H28ClN5O/c1-2-24-19-9-10-20(26-25-19)27-13-15-28(16-14-27)21(29)22(11-3-4-12-22)17-5-7-18(23)8-6-17/h5-10H,2-4,11-16H2,1H3,(H,24,25). The molecule has 0 spiro atoms. The van der Waals surface area contributed by atoms with Crippen LogP contribution in [0.1, 0.15) is 38.2 Å². The van der Waals surface area contributed by atoms with E-state index in [4.69, 9.17) is 11.6 Å². The lowest BCUT2D eigenvalue weighted by molar-refractivity contribution is -0.137. The number of piperazine rings is 1. The number of aromatic nitrogens is 2. The van der Waals surface area contributed by atoms with Crippen LogP contribution in [0.15, 0.2) is 36.4 Å². The Hall–Kier alpha value is -2.34. The summed E-state index contributed by atoms with van der Waals surface area (Å²) < 4.78 is 0. The molecule has 2 fully saturated rings. The molecule has 1 aliphatic carbocycles. The number of nitrogens with one attached hydrogen (secondary N) is 1. The number of hydrogen-bond acceptors (Lipinski definition) is 5. The Morgan fingerprint density at radius 1 is 1.03 bits per heavy atom. The summed E-state index contributed by atoms with van der Waals surface area (Å²) in [5.74, 6) is 1.92. The molecule has 29 heavy (non-hydrogen) atoms. The third-order valence-electron chi connectivity index (χ3n) is 6.16. The molecule has 2 aliphatic rings. The van der Waals surface area contributed by atoms with Crippen molar-refractivity contribution in [2.24, 2.45) is 0 Å². The zero-order chi connectivity index (χ0) is 20.3. The Kier molecular flexibility index (Phi) is 5.90. The van der Waals surface area contributed by atoms with Crippen LogP contribution in [0.25, 0.3) is 0 Å². The molecular formula is C22H28ClN5O. The minimum Gasteiger partial charge on any atom is -0.369 e. The summed E-state index contributed by atoms with van der Waals surface area (Å²) in [6.45, 7) is 5.84. The highest BCUT2D eigenvalue weighted by molar-refractivity contribution is 6.30. The Balaban J connectivity index is 1.44. The molecule has 1 N–H and O–H groups in total. The van der Waals surface area contributed by atoms with Crippen molar-refractivity contribution in [3.63, 3.8) is 0 Å². The van der Waals surface area contributed by atoms with Gasteiger partial charge in [-0.15, -0.1) is 10.2 Å². The van der Waals surface area contributed by atoms with E-state index in [9.17, 15) is 4.79 Å². The molecule has 7 heteroatoms. The molecule has 2 heterocycles. The molecule has 6 nitrogen and oxygen atoms in total. The number of hydrogen-bond donors (Lipinski definition) is 1. The van der Waals surface area contributed by atoms with E-state index in [2.05, 4.69) is 20.4 Å². The first-order chi connectivity index (χ1) is 14.1. The van der Waals surface area contributed by atoms with Crippen molar-refractivity contribution in [2.75, 3.05) is 42.9 Å². The molecular weight excluding hydrogens is 386 g/mol. The number of halogens is 1. The quantitative estimate of drug-likeness (QED) is 0.809. The number of anilines is 2. The number of amides is 1. The second-order valence-corrected chi connectivity index (χ2v) is 8.32. The summed E-state index contributed by atoms with van der Waals surface area (Å²) in [4.78, 5) is 17.8. The summed E-state index contributed by atoms with van der Waals surface area (Å²) >= 11 is 6.08. The minimum absolute atomic E-state index is 0.269. The zero-order valence-electron chi connectivity index (χ0n) is 16.9. The normalized spacial score (nSPS) is 18.7. The molecule has 154 valence electrons. The van der Waals surface area contributed by atoms with Gasteiger partial charge in [0.15, 0.2) is 5.82 Å². The molecule has 0 unspecified atom stereocenters. The van der Waals surface area contributed by atoms with E-state index in [0.717, 1.165) is 62.5 Å². The zero-order valence-corrected chi connectivity index (χ0v) is 17.7. The van der Waals surface area contributed by atoms with Crippen LogP contribution in [0, 0.1) is 0 Å². The highest BCUT2D eigenvalue weighted by Crippen LogP contribution is 2.43. The molecule has 1 saturated carbocycles. The highest BCUT2D eigenvalue weighted by Gasteiger charge is 2.45. The average Bonchev–Trinajstić information content (AvgIpc) is 3.26. The van der Waals surface area contributed by atoms with Crippen molar-refractivity contribution in [3.05, 3.63) is 47.0 Å². The maximum Gasteiger partial charge on any atom is 0.233 e. The lowest BCUT2D eigenvalue weighted by Gasteiger charge is -2.40. The largest absolute Gasteiger partial charge is 0.369 e. The van der Waals surface area contributed by atoms with Crippen molar-refractivity contribution in [3.8, 4) is 0 Å². The van der Waals surface area contributed by atoms with Crippen molar-refractivity contribution in [2.45, 2.75) is 38.0 Å². The Morgan fingerprint density at radius 2 is 1.72 bits per heavy atom. The maximum absolute atomic E-state index is 13.6. The molecule has 1 aromatic heterocycles. The van der Waals surface area contributed by atoms with E-state index in [0.29, 0.717) is 18.1 Å². The molecule has 1 amide bonds. The van der Waals surface area contributed by atoms with Crippen molar-refractivity contribution in [1.29, 1.82) is 0 Å². The van der Waals surface area contributed by atoms with E-state index in [1.165, 1.54) is 0 Å². The predicted molar refractivity (Wildman–Crippen MR) is 117 cm³/mol. The van der Waals surface area contributed by atoms with Gasteiger partial charge in [0, 0.05) is 37.7 Å². The van der Waals surface area contributed by atoms with Crippen LogP contribution >= 0.6 is 11.6 Å². The maximum atomic E-state index is 13.6. The second kappa shape index (κ2) is 8.57. The van der Waals surface area contributed by atoms with E-state index >= 15 is 0 Å². The van der Waals surface area contributed by atoms with Crippen molar-refractivity contribution in [1.82, 2.24) is 15.1 Å². The van der Waals surface area contributed by atoms with E-state index < -0.39 is 0 Å². The fourth-order valence-corrected chi connectivity index (χ4v) is 4.71. The first kappa shape index (κ1) is 20.0. The average molecular weight is 414 g/mol. The highest BCUT2D eigenvalue weighted by atomic mass is 35.5. The van der Waals surface area contributed by atoms with Gasteiger partial charge in [-0.25, -0.2) is 0 Å². The monoisotopic (exact) mass is 413 g/mol. The van der Waals surface area contributed by atoms with Gasteiger partial charge in [0.1, 0.15) is 5.82 Å². The van der Waals surface area contributed by atoms with Crippen LogP contribution in [-0.4, -0.2) is 53.7 Å². The van der Waals surface area contributed by atoms with E-state index in [1.807, 2.05) is 48.2 Å². The van der Waals surface area contributed by atoms with Gasteiger partial charge < -0.3 is 15.1 Å². The Bertz CT molecular complexity index is 825. The predicted octanol–water partition coefficient (Wildman–Crippen LogP) is 3.72. The molecule has 4 rings (SSSR count). The molecule has 0 bridgehead atoms. The summed E-state index contributed by atoms with van der Waals surface area (Å²) in [5.41, 5.74) is 0.719. The summed E-state index contributed by atoms with van der Waals surface area (Å²) in [7, 11) is 0. The number of rotatable bonds is 5. The molecule has 0 atom stereocenters. The molecule has 2 aromatic rings. The fraction of sp³-hybridized carbons (Fsp3) is 0.500. The second-order valence-electron chi connectivity index (χ2n) is 7.88. The van der Waals surface area contributed by atoms with Gasteiger partial charge in [-0.3, -0.25) is 4.79 Å². The first-order valence-electron chi connectivity index (χ1n) is 10.5. The third kappa shape index (κ3) is 4.04. The van der Waals surface area contributed by atoms with Gasteiger partial charge in [0.2, 0.25) is 5.91 Å². The van der Waals surface area contributed by atoms with Crippen LogP contribution < -0.4 is 10.2 Å². The van der Waals surface area contributed by atoms with Gasteiger partial charge in [-0.2, -0.15) is 0 Å². The van der Waals surface area contributed by atoms with Crippen LogP contribution in [0.3, 0.4) is 0 Å². The SMILES string of the molecule is CCNc1ccc(N2CCN(C(=O)C3(c4ccc(Cl)cc4)CCCC3)CC2)nn1. The Morgan fingerprint density at radius 3 is 2.31 bits per heavy atom. The van der Waals surface area contributed by atoms with Crippen LogP contribution in [-0.2, 0) is 10.2 Å². The van der Waals surface area contributed by atoms with Gasteiger partial charge in [0.05, 0.1) is 5.41 Å². The van der Waals surface area contributed by atoms with Crippen LogP contribution in [0.4, 0.5) is 11.6 Å². The van der Waals surface area contributed by atoms with Crippen molar-refractivity contribution >= 4 is 29.1 Å². The molecule has 1 aliphatic heterocycles. The number of carbonyl (C=O) groups excluding carboxylic acids is 1. The summed E-state index contributed by atoms with van der Waals surface area (Å²) in [6, 6.07) is 11.8. The lowest BCUT2D eigenvalue weighted by atomic mass is 9.77. The van der Waals surface area contributed by atoms with Crippen LogP contribution in [0.5, 0.6) is 0 Å². The lowest BCUT2D eigenvalue weighted by Crippen LogP contribution is -2.54. The Labute approximate surface area is 177 Å². The minimum atomic E-state index is -0.389. The molecule has 0 radical (unpaired) electrons. The van der Waals surface area contributed by atoms with Gasteiger partial charge in [0.25, 0.3) is 0 Å². The van der Waals surface area contributed by atoms with Gasteiger partial charge in [-0.05, 0) is 49.6 Å². The molecule has 1 saturated heterocycles. The van der Waals surface area contributed by atoms with E-state index in [-0.39, 0.29) is 11.3 Å². The van der Waals surface area contributed by atoms with Crippen LogP contribution in [0.2, 0.25) is 5.02 Å². The summed E-state index contributed by atoms with van der Waals surface area (Å²) in [5, 5.41) is 12.4. The fourth-order valence-electron chi connectivity index (χ4n) is 4.58. The number of carbonyl (C=O) groups is 1. The number of nitrogens with zero attached hydrogens (tertiary/aromatic N) is 4. The summed E-state index contributed by atoms with van der Waals surface area (Å²) in [6.07, 6.45) is 4.04. The first-order valence-corrected chi connectivity index (χ1v) is 10.9. The van der Waals surface area contributed by atoms with Crippen molar-refractivity contribution < 1.29 is 4.79 Å². The van der Waals surface area contributed by atoms with E-state index in [1.54, 1.807) is 0 Å². The topological polar surface area (TPSA) is 61.4 Å².